The van der Waals surface area contributed by atoms with E-state index in [9.17, 15) is 9.59 Å². The van der Waals surface area contributed by atoms with Crippen LogP contribution in [-0.2, 0) is 19.1 Å². The van der Waals surface area contributed by atoms with Crippen LogP contribution in [0, 0.1) is 28.6 Å². The molecule has 32 heavy (non-hydrogen) atoms. The van der Waals surface area contributed by atoms with Crippen LogP contribution in [0.4, 0.5) is 0 Å². The third-order valence-corrected chi connectivity index (χ3v) is 5.91. The van der Waals surface area contributed by atoms with Gasteiger partial charge in [-0.1, -0.05) is 52.9 Å². The van der Waals surface area contributed by atoms with E-state index >= 15 is 0 Å². The second-order valence-electron chi connectivity index (χ2n) is 8.23. The summed E-state index contributed by atoms with van der Waals surface area (Å²) in [5.74, 6) is -0.551. The summed E-state index contributed by atoms with van der Waals surface area (Å²) in [5.41, 5.74) is 1.60. The number of carbonyl (C=O) groups excluding carboxylic acids is 2. The largest absolute Gasteiger partial charge is 0.422 e. The molecular weight excluding hydrogens is 406 g/mol. The fourth-order valence-corrected chi connectivity index (χ4v) is 3.98. The van der Waals surface area contributed by atoms with Gasteiger partial charge in [0.25, 0.3) is 0 Å². The van der Waals surface area contributed by atoms with Crippen LogP contribution < -0.4 is 0 Å². The predicted octanol–water partition coefficient (Wildman–Crippen LogP) is 5.50. The van der Waals surface area contributed by atoms with E-state index in [1.807, 2.05) is 13.0 Å². The van der Waals surface area contributed by atoms with Gasteiger partial charge in [-0.2, -0.15) is 10.5 Å². The molecule has 1 aliphatic heterocycles. The van der Waals surface area contributed by atoms with Crippen molar-refractivity contribution >= 4 is 11.9 Å². The zero-order valence-electron chi connectivity index (χ0n) is 20.2. The lowest BCUT2D eigenvalue weighted by atomic mass is 9.86. The van der Waals surface area contributed by atoms with Crippen LogP contribution in [0.15, 0.2) is 22.8 Å². The maximum atomic E-state index is 12.3. The van der Waals surface area contributed by atoms with Gasteiger partial charge in [0, 0.05) is 6.54 Å². The first-order valence-corrected chi connectivity index (χ1v) is 11.7. The Bertz CT molecular complexity index is 801. The molecule has 1 heterocycles. The zero-order chi connectivity index (χ0) is 24.1. The van der Waals surface area contributed by atoms with E-state index in [1.54, 1.807) is 6.07 Å². The van der Waals surface area contributed by atoms with Gasteiger partial charge in [-0.05, 0) is 38.2 Å². The number of allylic oxidation sites excluding steroid dienone is 1. The SMILES string of the molecule is CCCCC(CC)CC1=C(OC(=O)CC#N)C(OC(=O)CC#N)=C(C)N(CCCC)C1C. The highest BCUT2D eigenvalue weighted by atomic mass is 16.6. The zero-order valence-corrected chi connectivity index (χ0v) is 20.2. The van der Waals surface area contributed by atoms with Crippen molar-refractivity contribution in [3.8, 4) is 12.1 Å². The molecule has 0 saturated heterocycles. The number of esters is 2. The van der Waals surface area contributed by atoms with E-state index in [0.29, 0.717) is 18.0 Å². The molecule has 0 bridgehead atoms. The van der Waals surface area contributed by atoms with Crippen molar-refractivity contribution in [3.63, 3.8) is 0 Å². The highest BCUT2D eigenvalue weighted by Crippen LogP contribution is 2.38. The summed E-state index contributed by atoms with van der Waals surface area (Å²) in [6, 6.07) is 3.57. The Balaban J connectivity index is 3.54. The number of unbranched alkanes of at least 4 members (excludes halogenated alkanes) is 2. The van der Waals surface area contributed by atoms with E-state index in [0.717, 1.165) is 50.6 Å². The summed E-state index contributed by atoms with van der Waals surface area (Å²) < 4.78 is 11.2. The number of rotatable bonds is 13. The predicted molar refractivity (Wildman–Crippen MR) is 121 cm³/mol. The van der Waals surface area contributed by atoms with Gasteiger partial charge < -0.3 is 14.4 Å². The molecule has 1 rings (SSSR count). The number of hydrogen-bond acceptors (Lipinski definition) is 7. The van der Waals surface area contributed by atoms with E-state index in [1.165, 1.54) is 0 Å². The highest BCUT2D eigenvalue weighted by Gasteiger charge is 2.35. The Morgan fingerprint density at radius 2 is 1.56 bits per heavy atom. The molecule has 0 aromatic carbocycles. The molecule has 2 unspecified atom stereocenters. The number of nitriles is 2. The van der Waals surface area contributed by atoms with Crippen molar-refractivity contribution < 1.29 is 19.1 Å². The fraction of sp³-hybridized carbons (Fsp3) is 0.680. The Morgan fingerprint density at radius 3 is 2.06 bits per heavy atom. The van der Waals surface area contributed by atoms with Gasteiger partial charge in [-0.15, -0.1) is 0 Å². The minimum Gasteiger partial charge on any atom is -0.422 e. The van der Waals surface area contributed by atoms with Crippen LogP contribution in [0.1, 0.15) is 92.4 Å². The van der Waals surface area contributed by atoms with Crippen LogP contribution in [0.5, 0.6) is 0 Å². The summed E-state index contributed by atoms with van der Waals surface area (Å²) in [6.45, 7) is 11.1. The molecule has 0 aromatic heterocycles. The van der Waals surface area contributed by atoms with Gasteiger partial charge >= 0.3 is 11.9 Å². The molecule has 0 saturated carbocycles. The van der Waals surface area contributed by atoms with Crippen molar-refractivity contribution in [2.24, 2.45) is 5.92 Å². The number of nitrogens with zero attached hydrogens (tertiary/aromatic N) is 3. The second-order valence-corrected chi connectivity index (χ2v) is 8.23. The normalized spacial score (nSPS) is 17.0. The van der Waals surface area contributed by atoms with E-state index in [4.69, 9.17) is 20.0 Å². The Morgan fingerprint density at radius 1 is 1.00 bits per heavy atom. The first-order valence-electron chi connectivity index (χ1n) is 11.7. The van der Waals surface area contributed by atoms with Crippen LogP contribution in [0.2, 0.25) is 0 Å². The van der Waals surface area contributed by atoms with Crippen molar-refractivity contribution in [2.75, 3.05) is 6.54 Å². The van der Waals surface area contributed by atoms with Crippen LogP contribution in [0.25, 0.3) is 0 Å². The lowest BCUT2D eigenvalue weighted by Gasteiger charge is -2.40. The van der Waals surface area contributed by atoms with Crippen LogP contribution >= 0.6 is 0 Å². The molecule has 0 fully saturated rings. The third kappa shape index (κ3) is 7.71. The molecular formula is C25H37N3O4. The monoisotopic (exact) mass is 443 g/mol. The molecule has 7 heteroatoms. The Kier molecular flexibility index (Phi) is 12.2. The van der Waals surface area contributed by atoms with E-state index in [-0.39, 0.29) is 17.6 Å². The lowest BCUT2D eigenvalue weighted by molar-refractivity contribution is -0.143. The number of carbonyl (C=O) groups is 2. The molecule has 0 radical (unpaired) electrons. The maximum absolute atomic E-state index is 12.3. The van der Waals surface area contributed by atoms with Crippen molar-refractivity contribution in [3.05, 3.63) is 22.8 Å². The summed E-state index contributed by atoms with van der Waals surface area (Å²) >= 11 is 0. The molecule has 7 nitrogen and oxygen atoms in total. The van der Waals surface area contributed by atoms with Crippen molar-refractivity contribution in [1.29, 1.82) is 10.5 Å². The van der Waals surface area contributed by atoms with Gasteiger partial charge in [0.2, 0.25) is 0 Å². The average molecular weight is 444 g/mol. The van der Waals surface area contributed by atoms with Crippen molar-refractivity contribution in [2.45, 2.75) is 98.4 Å². The average Bonchev–Trinajstić information content (AvgIpc) is 2.76. The lowest BCUT2D eigenvalue weighted by Crippen LogP contribution is -2.40. The van der Waals surface area contributed by atoms with Crippen LogP contribution in [0.3, 0.4) is 0 Å². The minimum atomic E-state index is -0.696. The summed E-state index contributed by atoms with van der Waals surface area (Å²) in [5, 5.41) is 17.8. The number of hydrogen-bond donors (Lipinski definition) is 0. The second kappa shape index (κ2) is 14.3. The van der Waals surface area contributed by atoms with Gasteiger partial charge in [-0.3, -0.25) is 9.59 Å². The fourth-order valence-electron chi connectivity index (χ4n) is 3.98. The van der Waals surface area contributed by atoms with E-state index < -0.39 is 24.8 Å². The summed E-state index contributed by atoms with van der Waals surface area (Å²) in [7, 11) is 0. The molecule has 1 aliphatic rings. The summed E-state index contributed by atoms with van der Waals surface area (Å²) in [4.78, 5) is 26.7. The maximum Gasteiger partial charge on any atom is 0.325 e. The Hall–Kier alpha value is -2.80. The molecule has 176 valence electrons. The van der Waals surface area contributed by atoms with Crippen LogP contribution in [-0.4, -0.2) is 29.4 Å². The highest BCUT2D eigenvalue weighted by molar-refractivity contribution is 5.76. The molecule has 0 amide bonds. The molecule has 0 spiro atoms. The minimum absolute atomic E-state index is 0.0412. The molecule has 0 aliphatic carbocycles. The topological polar surface area (TPSA) is 103 Å². The standard InChI is InChI=1S/C25H37N3O4/c1-6-9-11-20(8-3)17-21-18(4)28(16-10-7-2)19(5)24(31-22(29)12-14-26)25(21)32-23(30)13-15-27/h18,20H,6-13,16-17H2,1-5H3. The molecule has 2 atom stereocenters. The smallest absolute Gasteiger partial charge is 0.325 e. The molecule has 0 aromatic rings. The Labute approximate surface area is 192 Å². The number of ether oxygens (including phenoxy) is 2. The van der Waals surface area contributed by atoms with Gasteiger partial charge in [0.15, 0.2) is 11.5 Å². The van der Waals surface area contributed by atoms with E-state index in [2.05, 4.69) is 32.6 Å². The van der Waals surface area contributed by atoms with Crippen molar-refractivity contribution in [1.82, 2.24) is 4.90 Å². The van der Waals surface area contributed by atoms with Gasteiger partial charge in [-0.25, -0.2) is 0 Å². The molecule has 0 N–H and O–H groups in total. The quantitative estimate of drug-likeness (QED) is 0.346. The summed E-state index contributed by atoms with van der Waals surface area (Å²) in [6.07, 6.45) is 6.15. The third-order valence-electron chi connectivity index (χ3n) is 5.91. The first-order chi connectivity index (χ1) is 15.3. The van der Waals surface area contributed by atoms with Gasteiger partial charge in [0.05, 0.1) is 23.9 Å². The first kappa shape index (κ1) is 27.2. The van der Waals surface area contributed by atoms with Gasteiger partial charge in [0.1, 0.15) is 12.8 Å².